The molecule has 122 valence electrons. The van der Waals surface area contributed by atoms with E-state index in [-0.39, 0.29) is 25.3 Å². The number of hydrogen-bond acceptors (Lipinski definition) is 5. The average molecular weight is 323 g/mol. The summed E-state index contributed by atoms with van der Waals surface area (Å²) in [5.74, 6) is -0.519. The third-order valence-electron chi connectivity index (χ3n) is 3.63. The number of pyridine rings is 1. The molecule has 0 aliphatic carbocycles. The zero-order valence-corrected chi connectivity index (χ0v) is 13.0. The van der Waals surface area contributed by atoms with Crippen LogP contribution >= 0.6 is 0 Å². The Hall–Kier alpha value is -1.23. The number of piperazine rings is 1. The number of alkyl halides is 3. The Kier molecular flexibility index (Phi) is 7.38. The molecular formula is C14H17F3LiN3O2. The minimum atomic E-state index is -4.37. The van der Waals surface area contributed by atoms with Crippen molar-refractivity contribution in [2.75, 3.05) is 37.6 Å². The van der Waals surface area contributed by atoms with E-state index in [1.54, 1.807) is 0 Å². The number of carboxylic acid groups (broad SMARTS) is 1. The van der Waals surface area contributed by atoms with E-state index in [4.69, 9.17) is 0 Å². The summed E-state index contributed by atoms with van der Waals surface area (Å²) >= 11 is 0. The molecule has 1 aromatic heterocycles. The largest absolute Gasteiger partial charge is 1.00 e. The van der Waals surface area contributed by atoms with Gasteiger partial charge in [0.2, 0.25) is 0 Å². The van der Waals surface area contributed by atoms with E-state index < -0.39 is 17.7 Å². The van der Waals surface area contributed by atoms with Gasteiger partial charge in [-0.1, -0.05) is 0 Å². The Morgan fingerprint density at radius 1 is 1.22 bits per heavy atom. The number of halogens is 3. The molecule has 2 heterocycles. The maximum atomic E-state index is 12.5. The van der Waals surface area contributed by atoms with Crippen molar-refractivity contribution in [2.45, 2.75) is 19.0 Å². The Balaban J connectivity index is 0.00000264. The van der Waals surface area contributed by atoms with Crippen molar-refractivity contribution in [1.29, 1.82) is 0 Å². The van der Waals surface area contributed by atoms with E-state index in [0.29, 0.717) is 31.9 Å². The van der Waals surface area contributed by atoms with E-state index in [9.17, 15) is 23.1 Å². The van der Waals surface area contributed by atoms with Crippen LogP contribution in [-0.2, 0) is 11.0 Å². The molecule has 1 aliphatic rings. The smallest absolute Gasteiger partial charge is 0.550 e. The second-order valence-corrected chi connectivity index (χ2v) is 5.21. The molecule has 1 aromatic rings. The molecule has 2 rings (SSSR count). The van der Waals surface area contributed by atoms with Crippen LogP contribution in [0.25, 0.3) is 0 Å². The van der Waals surface area contributed by atoms with E-state index in [1.807, 2.05) is 4.90 Å². The van der Waals surface area contributed by atoms with Crippen LogP contribution in [0.3, 0.4) is 0 Å². The number of anilines is 1. The Morgan fingerprint density at radius 2 is 1.87 bits per heavy atom. The SMILES string of the molecule is O=C([O-])CCCN1CCN(c2ccc(C(F)(F)F)cn2)CC1.[Li+]. The summed E-state index contributed by atoms with van der Waals surface area (Å²) in [5.41, 5.74) is -0.753. The van der Waals surface area contributed by atoms with Crippen molar-refractivity contribution >= 4 is 11.8 Å². The van der Waals surface area contributed by atoms with Crippen LogP contribution in [0, 0.1) is 0 Å². The van der Waals surface area contributed by atoms with Crippen molar-refractivity contribution in [2.24, 2.45) is 0 Å². The van der Waals surface area contributed by atoms with E-state index in [1.165, 1.54) is 6.07 Å². The summed E-state index contributed by atoms with van der Waals surface area (Å²) in [6.45, 7) is 3.46. The number of carbonyl (C=O) groups excluding carboxylic acids is 1. The van der Waals surface area contributed by atoms with E-state index >= 15 is 0 Å². The first-order chi connectivity index (χ1) is 10.4. The van der Waals surface area contributed by atoms with Crippen LogP contribution in [0.2, 0.25) is 0 Å². The van der Waals surface area contributed by atoms with Gasteiger partial charge in [0.05, 0.1) is 5.56 Å². The molecule has 0 bridgehead atoms. The van der Waals surface area contributed by atoms with Crippen LogP contribution in [-0.4, -0.2) is 48.6 Å². The zero-order valence-electron chi connectivity index (χ0n) is 13.0. The molecule has 0 unspecified atom stereocenters. The molecule has 0 atom stereocenters. The number of nitrogens with zero attached hydrogens (tertiary/aromatic N) is 3. The number of hydrogen-bond donors (Lipinski definition) is 0. The minimum absolute atomic E-state index is 0. The molecule has 0 spiro atoms. The molecule has 1 saturated heterocycles. The van der Waals surface area contributed by atoms with Gasteiger partial charge in [0, 0.05) is 38.3 Å². The van der Waals surface area contributed by atoms with Gasteiger partial charge in [-0.15, -0.1) is 0 Å². The first kappa shape index (κ1) is 19.8. The molecule has 5 nitrogen and oxygen atoms in total. The standard InChI is InChI=1S/C14H18F3N3O2.Li/c15-14(16,17)11-3-4-12(18-10-11)20-8-6-19(7-9-20)5-1-2-13(21)22;/h3-4,10H,1-2,5-9H2,(H,21,22);/q;+1/p-1. The number of carboxylic acids is 1. The van der Waals surface area contributed by atoms with Gasteiger partial charge in [-0.2, -0.15) is 13.2 Å². The molecule has 0 N–H and O–H groups in total. The van der Waals surface area contributed by atoms with Crippen molar-refractivity contribution in [1.82, 2.24) is 9.88 Å². The second kappa shape index (κ2) is 8.57. The number of carbonyl (C=O) groups is 1. The molecule has 1 aliphatic heterocycles. The van der Waals surface area contributed by atoms with Crippen LogP contribution in [0.4, 0.5) is 19.0 Å². The summed E-state index contributed by atoms with van der Waals surface area (Å²) < 4.78 is 37.4. The Morgan fingerprint density at radius 3 is 2.35 bits per heavy atom. The quantitative estimate of drug-likeness (QED) is 0.574. The van der Waals surface area contributed by atoms with Gasteiger partial charge in [-0.3, -0.25) is 4.90 Å². The van der Waals surface area contributed by atoms with Gasteiger partial charge in [0.1, 0.15) is 5.82 Å². The predicted octanol–water partition coefficient (Wildman–Crippen LogP) is -2.24. The van der Waals surface area contributed by atoms with Gasteiger partial charge < -0.3 is 14.8 Å². The van der Waals surface area contributed by atoms with Gasteiger partial charge in [-0.25, -0.2) is 4.98 Å². The number of aromatic nitrogens is 1. The summed E-state index contributed by atoms with van der Waals surface area (Å²) in [5, 5.41) is 10.3. The van der Waals surface area contributed by atoms with Gasteiger partial charge in [-0.05, 0) is 31.5 Å². The third-order valence-corrected chi connectivity index (χ3v) is 3.63. The maximum Gasteiger partial charge on any atom is 1.00 e. The third kappa shape index (κ3) is 6.05. The van der Waals surface area contributed by atoms with Gasteiger partial charge >= 0.3 is 25.0 Å². The Bertz CT molecular complexity index is 503. The maximum absolute atomic E-state index is 12.5. The molecule has 23 heavy (non-hydrogen) atoms. The summed E-state index contributed by atoms with van der Waals surface area (Å²) in [4.78, 5) is 18.3. The molecule has 0 amide bonds. The molecular weight excluding hydrogens is 306 g/mol. The molecule has 0 aromatic carbocycles. The van der Waals surface area contributed by atoms with Crippen molar-refractivity contribution in [3.8, 4) is 0 Å². The molecule has 9 heteroatoms. The summed E-state index contributed by atoms with van der Waals surface area (Å²) in [7, 11) is 0. The number of rotatable bonds is 5. The summed E-state index contributed by atoms with van der Waals surface area (Å²) in [6, 6.07) is 2.42. The van der Waals surface area contributed by atoms with Crippen molar-refractivity contribution in [3.63, 3.8) is 0 Å². The normalized spacial score (nSPS) is 16.0. The number of aliphatic carboxylic acids is 1. The average Bonchev–Trinajstić information content (AvgIpc) is 2.47. The van der Waals surface area contributed by atoms with Crippen LogP contribution < -0.4 is 28.9 Å². The van der Waals surface area contributed by atoms with Gasteiger partial charge in [0.25, 0.3) is 0 Å². The van der Waals surface area contributed by atoms with E-state index in [0.717, 1.165) is 25.4 Å². The molecule has 1 fully saturated rings. The zero-order chi connectivity index (χ0) is 16.2. The Labute approximate surface area is 144 Å². The monoisotopic (exact) mass is 323 g/mol. The summed E-state index contributed by atoms with van der Waals surface area (Å²) in [6.07, 6.45) is -2.94. The van der Waals surface area contributed by atoms with E-state index in [2.05, 4.69) is 9.88 Å². The second-order valence-electron chi connectivity index (χ2n) is 5.21. The van der Waals surface area contributed by atoms with Crippen LogP contribution in [0.1, 0.15) is 18.4 Å². The van der Waals surface area contributed by atoms with Crippen molar-refractivity contribution in [3.05, 3.63) is 23.9 Å². The fourth-order valence-electron chi connectivity index (χ4n) is 2.39. The first-order valence-corrected chi connectivity index (χ1v) is 7.06. The molecule has 0 saturated carbocycles. The fraction of sp³-hybridized carbons (Fsp3) is 0.571. The van der Waals surface area contributed by atoms with Crippen LogP contribution in [0.15, 0.2) is 18.3 Å². The predicted molar refractivity (Wildman–Crippen MR) is 72.1 cm³/mol. The minimum Gasteiger partial charge on any atom is -0.550 e. The van der Waals surface area contributed by atoms with Gasteiger partial charge in [0.15, 0.2) is 0 Å². The van der Waals surface area contributed by atoms with Crippen LogP contribution in [0.5, 0.6) is 0 Å². The molecule has 0 radical (unpaired) electrons. The van der Waals surface area contributed by atoms with Crippen molar-refractivity contribution < 1.29 is 41.9 Å². The topological polar surface area (TPSA) is 59.5 Å². The first-order valence-electron chi connectivity index (χ1n) is 7.06. The fourth-order valence-corrected chi connectivity index (χ4v) is 2.39.